The minimum atomic E-state index is -0.0582. The van der Waals surface area contributed by atoms with Gasteiger partial charge in [0, 0.05) is 6.20 Å². The third kappa shape index (κ3) is 1.51. The molecule has 3 aromatic rings. The molecule has 0 aliphatic carbocycles. The van der Waals surface area contributed by atoms with Crippen LogP contribution >= 0.6 is 0 Å². The van der Waals surface area contributed by atoms with Crippen LogP contribution in [0.3, 0.4) is 0 Å². The maximum Gasteiger partial charge on any atom is 0.218 e. The topological polar surface area (TPSA) is 43.1 Å². The molecule has 2 heterocycles. The molecule has 3 heteroatoms. The van der Waals surface area contributed by atoms with E-state index in [0.717, 1.165) is 12.0 Å². The van der Waals surface area contributed by atoms with Gasteiger partial charge in [0.2, 0.25) is 5.43 Å². The van der Waals surface area contributed by atoms with Gasteiger partial charge < -0.3 is 4.42 Å². The molecule has 0 aliphatic heterocycles. The Hall–Kier alpha value is -2.16. The van der Waals surface area contributed by atoms with Gasteiger partial charge in [-0.05, 0) is 36.2 Å². The Morgan fingerprint density at radius 1 is 1.24 bits per heavy atom. The Labute approximate surface area is 97.7 Å². The van der Waals surface area contributed by atoms with Crippen LogP contribution in [0.5, 0.6) is 0 Å². The van der Waals surface area contributed by atoms with E-state index in [0.29, 0.717) is 22.1 Å². The second-order valence-electron chi connectivity index (χ2n) is 3.97. The van der Waals surface area contributed by atoms with E-state index in [9.17, 15) is 4.79 Å². The summed E-state index contributed by atoms with van der Waals surface area (Å²) in [4.78, 5) is 16.3. The molecule has 0 unspecified atom stereocenters. The zero-order valence-electron chi connectivity index (χ0n) is 9.43. The molecule has 17 heavy (non-hydrogen) atoms. The molecule has 0 saturated heterocycles. The van der Waals surface area contributed by atoms with Gasteiger partial charge in [0.1, 0.15) is 5.58 Å². The highest BCUT2D eigenvalue weighted by Crippen LogP contribution is 2.18. The van der Waals surface area contributed by atoms with E-state index in [1.165, 1.54) is 0 Å². The Kier molecular flexibility index (Phi) is 2.18. The summed E-state index contributed by atoms with van der Waals surface area (Å²) in [5, 5.41) is 0.607. The molecule has 0 amide bonds. The summed E-state index contributed by atoms with van der Waals surface area (Å²) >= 11 is 0. The highest BCUT2D eigenvalue weighted by atomic mass is 16.3. The van der Waals surface area contributed by atoms with Crippen molar-refractivity contribution in [1.82, 2.24) is 4.98 Å². The average Bonchev–Trinajstić information content (AvgIpc) is 2.39. The fraction of sp³-hybridized carbons (Fsp3) is 0.143. The number of rotatable bonds is 1. The molecule has 0 bridgehead atoms. The Balaban J connectivity index is 2.51. The molecular formula is C14H11NO2. The van der Waals surface area contributed by atoms with Crippen molar-refractivity contribution < 1.29 is 4.42 Å². The first-order valence-corrected chi connectivity index (χ1v) is 5.60. The molecule has 2 aromatic heterocycles. The highest BCUT2D eigenvalue weighted by molar-refractivity contribution is 5.87. The molecule has 1 aromatic carbocycles. The maximum absolute atomic E-state index is 12.2. The minimum absolute atomic E-state index is 0.0582. The first kappa shape index (κ1) is 10.0. The Morgan fingerprint density at radius 3 is 2.94 bits per heavy atom. The molecule has 3 rings (SSSR count). The molecule has 3 nitrogen and oxygen atoms in total. The third-order valence-electron chi connectivity index (χ3n) is 2.90. The third-order valence-corrected chi connectivity index (χ3v) is 2.90. The number of hydrogen-bond donors (Lipinski definition) is 0. The van der Waals surface area contributed by atoms with E-state index < -0.39 is 0 Å². The van der Waals surface area contributed by atoms with Crippen molar-refractivity contribution in [3.63, 3.8) is 0 Å². The predicted octanol–water partition coefficient (Wildman–Crippen LogP) is 2.90. The number of hydrogen-bond acceptors (Lipinski definition) is 3. The standard InChI is InChI=1S/C14H11NO2/c1-2-9-5-6-11-10(8-9)14(16)13-12(17-11)4-3-7-15-13/h3-8H,2H2,1H3. The van der Waals surface area contributed by atoms with Crippen LogP contribution in [0.1, 0.15) is 12.5 Å². The van der Waals surface area contributed by atoms with Crippen LogP contribution < -0.4 is 5.43 Å². The number of pyridine rings is 1. The van der Waals surface area contributed by atoms with Crippen molar-refractivity contribution in [3.05, 3.63) is 52.3 Å². The van der Waals surface area contributed by atoms with Crippen LogP contribution in [0.2, 0.25) is 0 Å². The Bertz CT molecular complexity index is 759. The fourth-order valence-corrected chi connectivity index (χ4v) is 1.95. The van der Waals surface area contributed by atoms with Gasteiger partial charge in [0.25, 0.3) is 0 Å². The molecule has 0 spiro atoms. The summed E-state index contributed by atoms with van der Waals surface area (Å²) in [6.45, 7) is 2.06. The summed E-state index contributed by atoms with van der Waals surface area (Å²) in [7, 11) is 0. The van der Waals surface area contributed by atoms with Crippen LogP contribution in [-0.4, -0.2) is 4.98 Å². The average molecular weight is 225 g/mol. The maximum atomic E-state index is 12.2. The molecule has 0 radical (unpaired) electrons. The number of aromatic nitrogens is 1. The van der Waals surface area contributed by atoms with Gasteiger partial charge in [-0.3, -0.25) is 4.79 Å². The largest absolute Gasteiger partial charge is 0.454 e. The zero-order valence-corrected chi connectivity index (χ0v) is 9.43. The van der Waals surface area contributed by atoms with E-state index in [1.54, 1.807) is 18.3 Å². The first-order chi connectivity index (χ1) is 8.29. The molecular weight excluding hydrogens is 214 g/mol. The lowest BCUT2D eigenvalue weighted by Gasteiger charge is -2.02. The smallest absolute Gasteiger partial charge is 0.218 e. The highest BCUT2D eigenvalue weighted by Gasteiger charge is 2.08. The zero-order chi connectivity index (χ0) is 11.8. The number of nitrogens with zero attached hydrogens (tertiary/aromatic N) is 1. The van der Waals surface area contributed by atoms with Gasteiger partial charge in [0.05, 0.1) is 5.39 Å². The normalized spacial score (nSPS) is 11.1. The summed E-state index contributed by atoms with van der Waals surface area (Å²) in [5.74, 6) is 0. The molecule has 84 valence electrons. The van der Waals surface area contributed by atoms with Crippen LogP contribution in [0.15, 0.2) is 45.7 Å². The van der Waals surface area contributed by atoms with E-state index >= 15 is 0 Å². The summed E-state index contributed by atoms with van der Waals surface area (Å²) in [5.41, 5.74) is 2.62. The lowest BCUT2D eigenvalue weighted by molar-refractivity contribution is 0.658. The molecule has 0 N–H and O–H groups in total. The number of aryl methyl sites for hydroxylation is 1. The molecule has 0 saturated carbocycles. The second kappa shape index (κ2) is 3.70. The molecule has 0 aliphatic rings. The monoisotopic (exact) mass is 225 g/mol. The van der Waals surface area contributed by atoms with Crippen LogP contribution in [-0.2, 0) is 6.42 Å². The lowest BCUT2D eigenvalue weighted by Crippen LogP contribution is -2.04. The van der Waals surface area contributed by atoms with E-state index in [4.69, 9.17) is 4.42 Å². The van der Waals surface area contributed by atoms with E-state index in [1.807, 2.05) is 18.2 Å². The van der Waals surface area contributed by atoms with Gasteiger partial charge in [0.15, 0.2) is 11.1 Å². The second-order valence-corrected chi connectivity index (χ2v) is 3.97. The van der Waals surface area contributed by atoms with Crippen molar-refractivity contribution in [2.45, 2.75) is 13.3 Å². The SMILES string of the molecule is CCc1ccc2oc3cccnc3c(=O)c2c1. The van der Waals surface area contributed by atoms with Crippen molar-refractivity contribution in [2.24, 2.45) is 0 Å². The first-order valence-electron chi connectivity index (χ1n) is 5.60. The van der Waals surface area contributed by atoms with Gasteiger partial charge in [-0.2, -0.15) is 0 Å². The molecule has 0 atom stereocenters. The van der Waals surface area contributed by atoms with E-state index in [2.05, 4.69) is 11.9 Å². The van der Waals surface area contributed by atoms with E-state index in [-0.39, 0.29) is 5.43 Å². The number of fused-ring (bicyclic) bond motifs is 2. The van der Waals surface area contributed by atoms with Gasteiger partial charge >= 0.3 is 0 Å². The van der Waals surface area contributed by atoms with Crippen molar-refractivity contribution in [2.75, 3.05) is 0 Å². The van der Waals surface area contributed by atoms with Crippen molar-refractivity contribution in [3.8, 4) is 0 Å². The van der Waals surface area contributed by atoms with Gasteiger partial charge in [-0.25, -0.2) is 4.98 Å². The van der Waals surface area contributed by atoms with Crippen molar-refractivity contribution >= 4 is 22.1 Å². The summed E-state index contributed by atoms with van der Waals surface area (Å²) in [6.07, 6.45) is 2.50. The number of benzene rings is 1. The lowest BCUT2D eigenvalue weighted by atomic mass is 10.1. The van der Waals surface area contributed by atoms with Crippen LogP contribution in [0, 0.1) is 0 Å². The Morgan fingerprint density at radius 2 is 2.12 bits per heavy atom. The summed E-state index contributed by atoms with van der Waals surface area (Å²) < 4.78 is 5.66. The minimum Gasteiger partial charge on any atom is -0.454 e. The van der Waals surface area contributed by atoms with Crippen LogP contribution in [0.4, 0.5) is 0 Å². The van der Waals surface area contributed by atoms with Gasteiger partial charge in [-0.1, -0.05) is 13.0 Å². The van der Waals surface area contributed by atoms with Crippen LogP contribution in [0.25, 0.3) is 22.1 Å². The summed E-state index contributed by atoms with van der Waals surface area (Å²) in [6, 6.07) is 9.24. The predicted molar refractivity (Wildman–Crippen MR) is 67.2 cm³/mol. The molecule has 0 fully saturated rings. The van der Waals surface area contributed by atoms with Gasteiger partial charge in [-0.15, -0.1) is 0 Å². The quantitative estimate of drug-likeness (QED) is 0.598. The fourth-order valence-electron chi connectivity index (χ4n) is 1.95. The van der Waals surface area contributed by atoms with Crippen molar-refractivity contribution in [1.29, 1.82) is 0 Å².